The first-order valence-corrected chi connectivity index (χ1v) is 7.29. The van der Waals surface area contributed by atoms with Gasteiger partial charge in [-0.1, -0.05) is 48.5 Å². The molecule has 1 unspecified atom stereocenters. The van der Waals surface area contributed by atoms with Gasteiger partial charge in [-0.3, -0.25) is 0 Å². The molecule has 0 spiro atoms. The summed E-state index contributed by atoms with van der Waals surface area (Å²) in [6, 6.07) is 16.9. The van der Waals surface area contributed by atoms with E-state index in [1.54, 1.807) is 0 Å². The number of nitrogens with one attached hydrogen (secondary N) is 1. The number of benzene rings is 2. The van der Waals surface area contributed by atoms with E-state index in [0.717, 1.165) is 18.5 Å². The van der Waals surface area contributed by atoms with E-state index in [-0.39, 0.29) is 11.5 Å². The fourth-order valence-electron chi connectivity index (χ4n) is 3.89. The number of aliphatic hydroxyl groups excluding tert-OH is 1. The van der Waals surface area contributed by atoms with Crippen LogP contribution in [0.4, 0.5) is 0 Å². The number of hydrogen-bond acceptors (Lipinski definition) is 2. The van der Waals surface area contributed by atoms with Crippen molar-refractivity contribution in [3.8, 4) is 0 Å². The maximum Gasteiger partial charge on any atom is 0.0874 e. The largest absolute Gasteiger partial charge is 0.388 e. The summed E-state index contributed by atoms with van der Waals surface area (Å²) in [5, 5.41) is 14.6. The van der Waals surface area contributed by atoms with Gasteiger partial charge in [0.25, 0.3) is 0 Å². The molecule has 2 N–H and O–H groups in total. The van der Waals surface area contributed by atoms with Crippen molar-refractivity contribution in [2.24, 2.45) is 0 Å². The van der Waals surface area contributed by atoms with Crippen LogP contribution in [0.5, 0.6) is 0 Å². The van der Waals surface area contributed by atoms with Crippen molar-refractivity contribution in [2.45, 2.75) is 30.9 Å². The standard InChI is InChI=1S/C18H19NO/c1-18-10-12-6-2-3-7-13(12)15(11-19-18)17(20)14-8-4-5-9-16(14)18/h2-9,15,17,19-20H,10-11H2,1H3/t15?,17-,18-/m0/s1. The highest BCUT2D eigenvalue weighted by atomic mass is 16.3. The third-order valence-electron chi connectivity index (χ3n) is 4.97. The minimum atomic E-state index is -0.429. The second kappa shape index (κ2) is 4.18. The molecule has 0 radical (unpaired) electrons. The number of rotatable bonds is 0. The van der Waals surface area contributed by atoms with Crippen molar-refractivity contribution in [2.75, 3.05) is 6.54 Å². The van der Waals surface area contributed by atoms with Gasteiger partial charge in [-0.25, -0.2) is 0 Å². The third kappa shape index (κ3) is 1.58. The first kappa shape index (κ1) is 12.1. The van der Waals surface area contributed by atoms with E-state index in [1.165, 1.54) is 16.7 Å². The van der Waals surface area contributed by atoms with E-state index in [2.05, 4.69) is 54.7 Å². The summed E-state index contributed by atoms with van der Waals surface area (Å²) in [5.74, 6) is 0.136. The monoisotopic (exact) mass is 265 g/mol. The highest BCUT2D eigenvalue weighted by Crippen LogP contribution is 2.45. The summed E-state index contributed by atoms with van der Waals surface area (Å²) < 4.78 is 0. The van der Waals surface area contributed by atoms with E-state index >= 15 is 0 Å². The van der Waals surface area contributed by atoms with Crippen LogP contribution in [0.2, 0.25) is 0 Å². The van der Waals surface area contributed by atoms with Crippen LogP contribution >= 0.6 is 0 Å². The molecule has 0 fully saturated rings. The highest BCUT2D eigenvalue weighted by Gasteiger charge is 2.41. The normalized spacial score (nSPS) is 31.1. The lowest BCUT2D eigenvalue weighted by Gasteiger charge is -2.32. The average molecular weight is 265 g/mol. The smallest absolute Gasteiger partial charge is 0.0874 e. The SMILES string of the molecule is C[C@@]12Cc3ccccc3C(CN1)[C@@H](O)c1ccccc12. The van der Waals surface area contributed by atoms with Crippen molar-refractivity contribution in [3.05, 3.63) is 70.8 Å². The van der Waals surface area contributed by atoms with Crippen molar-refractivity contribution < 1.29 is 5.11 Å². The molecule has 0 aromatic heterocycles. The molecule has 0 amide bonds. The molecule has 4 rings (SSSR count). The molecule has 0 saturated carbocycles. The van der Waals surface area contributed by atoms with Gasteiger partial charge in [-0.15, -0.1) is 0 Å². The Labute approximate surface area is 119 Å². The van der Waals surface area contributed by atoms with Crippen LogP contribution in [0, 0.1) is 0 Å². The molecular weight excluding hydrogens is 246 g/mol. The van der Waals surface area contributed by atoms with Gasteiger partial charge in [0.2, 0.25) is 0 Å². The molecule has 0 saturated heterocycles. The van der Waals surface area contributed by atoms with Gasteiger partial charge in [0, 0.05) is 18.0 Å². The van der Waals surface area contributed by atoms with Crippen LogP contribution in [-0.4, -0.2) is 11.7 Å². The molecule has 2 aromatic rings. The topological polar surface area (TPSA) is 32.3 Å². The molecule has 2 heteroatoms. The zero-order valence-corrected chi connectivity index (χ0v) is 11.6. The second-order valence-electron chi connectivity index (χ2n) is 6.23. The Morgan fingerprint density at radius 3 is 2.60 bits per heavy atom. The average Bonchev–Trinajstić information content (AvgIpc) is 2.69. The first-order chi connectivity index (χ1) is 9.69. The Morgan fingerprint density at radius 1 is 1.05 bits per heavy atom. The van der Waals surface area contributed by atoms with Gasteiger partial charge in [-0.2, -0.15) is 0 Å². The van der Waals surface area contributed by atoms with Crippen molar-refractivity contribution in [1.82, 2.24) is 5.32 Å². The summed E-state index contributed by atoms with van der Waals surface area (Å²) in [6.07, 6.45) is 0.547. The summed E-state index contributed by atoms with van der Waals surface area (Å²) >= 11 is 0. The number of hydrogen-bond donors (Lipinski definition) is 2. The molecule has 0 aliphatic carbocycles. The molecule has 102 valence electrons. The maximum absolute atomic E-state index is 10.9. The fourth-order valence-corrected chi connectivity index (χ4v) is 3.89. The summed E-state index contributed by atoms with van der Waals surface area (Å²) in [6.45, 7) is 3.08. The van der Waals surface area contributed by atoms with Gasteiger partial charge in [0.1, 0.15) is 0 Å². The van der Waals surface area contributed by atoms with E-state index in [1.807, 2.05) is 6.07 Å². The van der Waals surface area contributed by atoms with E-state index < -0.39 is 6.10 Å². The van der Waals surface area contributed by atoms with Gasteiger partial charge >= 0.3 is 0 Å². The van der Waals surface area contributed by atoms with Gasteiger partial charge in [-0.05, 0) is 35.6 Å². The summed E-state index contributed by atoms with van der Waals surface area (Å²) in [5.41, 5.74) is 4.88. The molecule has 2 aromatic carbocycles. The Bertz CT molecular complexity index is 666. The third-order valence-corrected chi connectivity index (χ3v) is 4.97. The maximum atomic E-state index is 10.9. The van der Waals surface area contributed by atoms with Gasteiger partial charge < -0.3 is 10.4 Å². The van der Waals surface area contributed by atoms with Crippen molar-refractivity contribution >= 4 is 0 Å². The predicted octanol–water partition coefficient (Wildman–Crippen LogP) is 2.88. The molecule has 2 bridgehead atoms. The molecule has 3 atom stereocenters. The quantitative estimate of drug-likeness (QED) is 0.767. The first-order valence-electron chi connectivity index (χ1n) is 7.29. The Kier molecular flexibility index (Phi) is 2.53. The Balaban J connectivity index is 2.00. The zero-order valence-electron chi connectivity index (χ0n) is 11.6. The number of aliphatic hydroxyl groups is 1. The summed E-state index contributed by atoms with van der Waals surface area (Å²) in [7, 11) is 0. The lowest BCUT2D eigenvalue weighted by Crippen LogP contribution is -2.40. The highest BCUT2D eigenvalue weighted by molar-refractivity contribution is 5.45. The van der Waals surface area contributed by atoms with E-state index in [0.29, 0.717) is 0 Å². The van der Waals surface area contributed by atoms with Crippen LogP contribution in [0.3, 0.4) is 0 Å². The fraction of sp³-hybridized carbons (Fsp3) is 0.333. The van der Waals surface area contributed by atoms with Crippen LogP contribution in [-0.2, 0) is 12.0 Å². The Morgan fingerprint density at radius 2 is 1.75 bits per heavy atom. The van der Waals surface area contributed by atoms with Gasteiger partial charge in [0.05, 0.1) is 6.10 Å². The van der Waals surface area contributed by atoms with E-state index in [4.69, 9.17) is 0 Å². The predicted molar refractivity (Wildman–Crippen MR) is 79.6 cm³/mol. The molecule has 2 heterocycles. The lowest BCUT2D eigenvalue weighted by molar-refractivity contribution is 0.146. The van der Waals surface area contributed by atoms with E-state index in [9.17, 15) is 5.11 Å². The minimum absolute atomic E-state index is 0.0983. The van der Waals surface area contributed by atoms with Crippen LogP contribution in [0.15, 0.2) is 48.5 Å². The minimum Gasteiger partial charge on any atom is -0.388 e. The van der Waals surface area contributed by atoms with Crippen LogP contribution < -0.4 is 5.32 Å². The lowest BCUT2D eigenvalue weighted by atomic mass is 9.76. The molecule has 2 aliphatic heterocycles. The number of fused-ring (bicyclic) bond motifs is 7. The van der Waals surface area contributed by atoms with Crippen molar-refractivity contribution in [1.29, 1.82) is 0 Å². The zero-order chi connectivity index (χ0) is 13.7. The van der Waals surface area contributed by atoms with Crippen LogP contribution in [0.1, 0.15) is 41.2 Å². The molecule has 20 heavy (non-hydrogen) atoms. The molecule has 2 nitrogen and oxygen atoms in total. The van der Waals surface area contributed by atoms with Crippen LogP contribution in [0.25, 0.3) is 0 Å². The molecular formula is C18H19NO. The molecule has 2 aliphatic rings. The second-order valence-corrected chi connectivity index (χ2v) is 6.23. The Hall–Kier alpha value is -1.64. The van der Waals surface area contributed by atoms with Crippen molar-refractivity contribution in [3.63, 3.8) is 0 Å². The van der Waals surface area contributed by atoms with Gasteiger partial charge in [0.15, 0.2) is 0 Å². The summed E-state index contributed by atoms with van der Waals surface area (Å²) in [4.78, 5) is 0.